The minimum Gasteiger partial charge on any atom is -0.448 e. The van der Waals surface area contributed by atoms with E-state index in [9.17, 15) is 19.2 Å². The van der Waals surface area contributed by atoms with Gasteiger partial charge in [-0.3, -0.25) is 19.3 Å². The second-order valence-corrected chi connectivity index (χ2v) is 14.8. The number of hydrogen-bond acceptors (Lipinski definition) is 8. The number of ether oxygens (including phenoxy) is 1. The minimum atomic E-state index is -0.766. The quantitative estimate of drug-likeness (QED) is 0.0944. The molecule has 5 aromatic rings. The van der Waals surface area contributed by atoms with Gasteiger partial charge in [0.05, 0.1) is 10.6 Å². The Bertz CT molecular complexity index is 2090. The van der Waals surface area contributed by atoms with Gasteiger partial charge in [0.2, 0.25) is 5.91 Å². The lowest BCUT2D eigenvalue weighted by Crippen LogP contribution is -2.70. The molecule has 2 aliphatic rings. The van der Waals surface area contributed by atoms with Gasteiger partial charge in [0.15, 0.2) is 11.5 Å². The molecule has 0 bridgehead atoms. The number of hydrogen-bond donors (Lipinski definition) is 1. The van der Waals surface area contributed by atoms with Crippen molar-refractivity contribution in [3.05, 3.63) is 171 Å². The molecule has 2 amide bonds. The zero-order chi connectivity index (χ0) is 33.7. The van der Waals surface area contributed by atoms with Crippen molar-refractivity contribution in [2.75, 3.05) is 5.75 Å². The summed E-state index contributed by atoms with van der Waals surface area (Å²) in [7, 11) is 0. The van der Waals surface area contributed by atoms with E-state index in [1.807, 2.05) is 127 Å². The van der Waals surface area contributed by atoms with Crippen LogP contribution in [0.2, 0.25) is 0 Å². The molecule has 0 radical (unpaired) electrons. The third kappa shape index (κ3) is 7.12. The van der Waals surface area contributed by atoms with Crippen molar-refractivity contribution in [1.29, 1.82) is 0 Å². The van der Waals surface area contributed by atoms with E-state index in [0.29, 0.717) is 16.7 Å². The van der Waals surface area contributed by atoms with E-state index in [0.717, 1.165) is 25.6 Å². The molecule has 1 unspecified atom stereocenters. The molecule has 2 aliphatic heterocycles. The Morgan fingerprint density at radius 1 is 0.878 bits per heavy atom. The van der Waals surface area contributed by atoms with Crippen molar-refractivity contribution in [3.63, 3.8) is 0 Å². The number of carbonyl (C=O) groups is 3. The van der Waals surface area contributed by atoms with Crippen LogP contribution in [0.3, 0.4) is 0 Å². The smallest absolute Gasteiger partial charge is 0.356 e. The fraction of sp³-hybridized carbons (Fsp3) is 0.128. The van der Waals surface area contributed by atoms with Gasteiger partial charge in [-0.25, -0.2) is 4.79 Å². The molecule has 0 spiro atoms. The SMILES string of the molecule is O=C(Cc1ccccc1)NC1C(=O)N2C(C(=O)OC(c3ccccc3)c3ccccc3)=C(C=CSc3cc(=O)c4ccccc4s3)CS[C@H]12. The average Bonchev–Trinajstić information content (AvgIpc) is 3.13. The Labute approximate surface area is 295 Å². The lowest BCUT2D eigenvalue weighted by molar-refractivity contribution is -0.154. The van der Waals surface area contributed by atoms with Gasteiger partial charge in [0.1, 0.15) is 17.1 Å². The highest BCUT2D eigenvalue weighted by Gasteiger charge is 2.54. The molecule has 1 saturated heterocycles. The number of allylic oxidation sites excluding steroid dienone is 1. The van der Waals surface area contributed by atoms with Crippen LogP contribution in [0.1, 0.15) is 22.8 Å². The van der Waals surface area contributed by atoms with Crippen LogP contribution < -0.4 is 10.7 Å². The lowest BCUT2D eigenvalue weighted by atomic mass is 10.0. The first-order valence-electron chi connectivity index (χ1n) is 15.6. The first-order chi connectivity index (χ1) is 24.0. The van der Waals surface area contributed by atoms with Gasteiger partial charge in [-0.05, 0) is 45.9 Å². The molecule has 7 nitrogen and oxygen atoms in total. The number of benzene rings is 4. The van der Waals surface area contributed by atoms with E-state index in [1.54, 1.807) is 6.07 Å². The molecular weight excluding hydrogens is 673 g/mol. The highest BCUT2D eigenvalue weighted by Crippen LogP contribution is 2.42. The fourth-order valence-corrected chi connectivity index (χ4v) is 9.13. The van der Waals surface area contributed by atoms with Gasteiger partial charge in [-0.15, -0.1) is 23.1 Å². The summed E-state index contributed by atoms with van der Waals surface area (Å²) < 4.78 is 7.95. The number of β-lactam (4-membered cyclic amide) rings is 1. The predicted octanol–water partition coefficient (Wildman–Crippen LogP) is 7.10. The maximum absolute atomic E-state index is 14.2. The molecule has 0 saturated carbocycles. The van der Waals surface area contributed by atoms with Crippen LogP contribution in [0.25, 0.3) is 10.1 Å². The molecular formula is C39H30N2O5S3. The van der Waals surface area contributed by atoms with E-state index in [4.69, 9.17) is 4.74 Å². The van der Waals surface area contributed by atoms with Crippen molar-refractivity contribution < 1.29 is 19.1 Å². The third-order valence-corrected chi connectivity index (χ3v) is 11.6. The van der Waals surface area contributed by atoms with E-state index in [1.165, 1.54) is 39.8 Å². The molecule has 1 N–H and O–H groups in total. The molecule has 2 atom stereocenters. The zero-order valence-corrected chi connectivity index (χ0v) is 28.5. The summed E-state index contributed by atoms with van der Waals surface area (Å²) in [5.74, 6) is -0.850. The summed E-state index contributed by atoms with van der Waals surface area (Å²) in [5, 5.41) is 4.94. The molecule has 49 heavy (non-hydrogen) atoms. The maximum atomic E-state index is 14.2. The fourth-order valence-electron chi connectivity index (χ4n) is 5.84. The highest BCUT2D eigenvalue weighted by atomic mass is 32.2. The second-order valence-electron chi connectivity index (χ2n) is 11.4. The van der Waals surface area contributed by atoms with Crippen molar-refractivity contribution in [2.24, 2.45) is 0 Å². The number of rotatable bonds is 10. The topological polar surface area (TPSA) is 92.8 Å². The third-order valence-electron chi connectivity index (χ3n) is 8.21. The molecule has 10 heteroatoms. The first kappa shape index (κ1) is 32.6. The maximum Gasteiger partial charge on any atom is 0.356 e. The van der Waals surface area contributed by atoms with Crippen LogP contribution in [0, 0.1) is 0 Å². The number of fused-ring (bicyclic) bond motifs is 2. The number of nitrogens with zero attached hydrogens (tertiary/aromatic N) is 1. The minimum absolute atomic E-state index is 0.0517. The van der Waals surface area contributed by atoms with E-state index < -0.39 is 23.5 Å². The van der Waals surface area contributed by atoms with E-state index in [2.05, 4.69) is 5.32 Å². The number of carbonyl (C=O) groups excluding carboxylic acids is 3. The summed E-state index contributed by atoms with van der Waals surface area (Å²) in [5.41, 5.74) is 3.16. The van der Waals surface area contributed by atoms with E-state index >= 15 is 0 Å². The van der Waals surface area contributed by atoms with Gasteiger partial charge < -0.3 is 10.1 Å². The number of amides is 2. The lowest BCUT2D eigenvalue weighted by Gasteiger charge is -2.49. The zero-order valence-electron chi connectivity index (χ0n) is 26.1. The largest absolute Gasteiger partial charge is 0.448 e. The molecule has 3 heterocycles. The van der Waals surface area contributed by atoms with Crippen LogP contribution in [0.15, 0.2) is 153 Å². The van der Waals surface area contributed by atoms with Crippen LogP contribution in [0.4, 0.5) is 0 Å². The molecule has 1 fully saturated rings. The van der Waals surface area contributed by atoms with E-state index in [-0.39, 0.29) is 29.4 Å². The average molecular weight is 703 g/mol. The molecule has 4 aromatic carbocycles. The molecule has 1 aromatic heterocycles. The summed E-state index contributed by atoms with van der Waals surface area (Å²) >= 11 is 4.37. The normalized spacial score (nSPS) is 17.2. The number of thioether (sulfide) groups is 2. The Hall–Kier alpha value is -4.90. The highest BCUT2D eigenvalue weighted by molar-refractivity contribution is 8.04. The van der Waals surface area contributed by atoms with Gasteiger partial charge in [-0.1, -0.05) is 115 Å². The van der Waals surface area contributed by atoms with Gasteiger partial charge >= 0.3 is 5.97 Å². The summed E-state index contributed by atoms with van der Waals surface area (Å²) in [4.78, 5) is 55.0. The Kier molecular flexibility index (Phi) is 9.79. The van der Waals surface area contributed by atoms with Crippen molar-refractivity contribution in [2.45, 2.75) is 28.1 Å². The van der Waals surface area contributed by atoms with Crippen molar-refractivity contribution in [3.8, 4) is 0 Å². The Morgan fingerprint density at radius 3 is 2.20 bits per heavy atom. The standard InChI is InChI=1S/C39H30N2O5S3/c42-30-23-33(49-31-19-11-10-18-29(30)31)47-21-20-28-24-48-38-34(40-32(43)22-25-12-4-1-5-13-25)37(44)41(38)35(28)39(45)46-36(26-14-6-2-7-15-26)27-16-8-3-9-17-27/h1-21,23,34,36,38H,22,24H2,(H,40,43)/t34?,38-/m1/s1. The first-order valence-corrected chi connectivity index (χ1v) is 18.4. The van der Waals surface area contributed by atoms with Crippen LogP contribution in [-0.2, 0) is 25.5 Å². The monoisotopic (exact) mass is 702 g/mol. The number of nitrogens with one attached hydrogen (secondary N) is 1. The molecule has 244 valence electrons. The van der Waals surface area contributed by atoms with Crippen LogP contribution >= 0.6 is 34.9 Å². The summed E-state index contributed by atoms with van der Waals surface area (Å²) in [6.45, 7) is 0. The van der Waals surface area contributed by atoms with Gasteiger partial charge in [0.25, 0.3) is 5.91 Å². The molecule has 7 rings (SSSR count). The summed E-state index contributed by atoms with van der Waals surface area (Å²) in [6, 6.07) is 36.6. The predicted molar refractivity (Wildman–Crippen MR) is 196 cm³/mol. The Balaban J connectivity index is 1.18. The van der Waals surface area contributed by atoms with Crippen LogP contribution in [0.5, 0.6) is 0 Å². The van der Waals surface area contributed by atoms with Gasteiger partial charge in [0, 0.05) is 21.9 Å². The molecule has 0 aliphatic carbocycles. The van der Waals surface area contributed by atoms with Crippen molar-refractivity contribution >= 4 is 62.7 Å². The van der Waals surface area contributed by atoms with Gasteiger partial charge in [-0.2, -0.15) is 0 Å². The Morgan fingerprint density at radius 2 is 1.51 bits per heavy atom. The second kappa shape index (κ2) is 14.7. The summed E-state index contributed by atoms with van der Waals surface area (Å²) in [6.07, 6.45) is 1.25. The van der Waals surface area contributed by atoms with Crippen LogP contribution in [-0.4, -0.2) is 39.9 Å². The van der Waals surface area contributed by atoms with Crippen molar-refractivity contribution in [1.82, 2.24) is 10.2 Å². The number of esters is 1.